The first-order chi connectivity index (χ1) is 14.3. The van der Waals surface area contributed by atoms with Crippen molar-refractivity contribution < 1.29 is 19.2 Å². The van der Waals surface area contributed by atoms with Crippen molar-refractivity contribution in [3.63, 3.8) is 0 Å². The molecule has 3 aromatic carbocycles. The minimum absolute atomic E-state index is 0.131. The molecule has 0 saturated heterocycles. The molecule has 0 aromatic heterocycles. The van der Waals surface area contributed by atoms with Gasteiger partial charge in [0.2, 0.25) is 0 Å². The number of nitro groups is 1. The van der Waals surface area contributed by atoms with Crippen molar-refractivity contribution in [2.24, 2.45) is 0 Å². The van der Waals surface area contributed by atoms with Crippen LogP contribution >= 0.6 is 0 Å². The lowest BCUT2D eigenvalue weighted by Gasteiger charge is -2.28. The lowest BCUT2D eigenvalue weighted by atomic mass is 9.91. The third-order valence-corrected chi connectivity index (χ3v) is 5.03. The fourth-order valence-corrected chi connectivity index (χ4v) is 3.84. The van der Waals surface area contributed by atoms with Gasteiger partial charge in [0.25, 0.3) is 17.5 Å². The van der Waals surface area contributed by atoms with Crippen molar-refractivity contribution in [3.8, 4) is 5.75 Å². The number of hydrogen-bond donors (Lipinski definition) is 0. The molecule has 152 valence electrons. The summed E-state index contributed by atoms with van der Waals surface area (Å²) in [5.41, 5.74) is 1.00. The van der Waals surface area contributed by atoms with Gasteiger partial charge in [-0.25, -0.2) is 4.90 Å². The molecule has 1 aliphatic rings. The van der Waals surface area contributed by atoms with Gasteiger partial charge < -0.3 is 9.64 Å². The van der Waals surface area contributed by atoms with Crippen LogP contribution < -0.4 is 14.5 Å². The molecular weight excluding hydrogens is 386 g/mol. The number of rotatable bonds is 5. The molecule has 0 N–H and O–H groups in total. The molecule has 0 spiro atoms. The molecule has 0 atom stereocenters. The predicted octanol–water partition coefficient (Wildman–Crippen LogP) is 4.01. The first-order valence-corrected chi connectivity index (χ1v) is 9.38. The molecular formula is C22H19N3O5. The number of benzene rings is 3. The van der Waals surface area contributed by atoms with Gasteiger partial charge in [-0.15, -0.1) is 0 Å². The van der Waals surface area contributed by atoms with Crippen LogP contribution in [-0.4, -0.2) is 37.4 Å². The van der Waals surface area contributed by atoms with Crippen LogP contribution in [0.5, 0.6) is 5.75 Å². The summed E-state index contributed by atoms with van der Waals surface area (Å²) in [6.45, 7) is 2.35. The number of nitro benzene ring substituents is 1. The van der Waals surface area contributed by atoms with Gasteiger partial charge in [-0.1, -0.05) is 12.1 Å². The largest absolute Gasteiger partial charge is 0.494 e. The average Bonchev–Trinajstić information content (AvgIpc) is 2.72. The van der Waals surface area contributed by atoms with E-state index in [1.54, 1.807) is 61.5 Å². The number of carbonyl (C=O) groups excluding carboxylic acids is 2. The van der Waals surface area contributed by atoms with E-state index in [1.165, 1.54) is 6.07 Å². The lowest BCUT2D eigenvalue weighted by molar-refractivity contribution is -0.384. The van der Waals surface area contributed by atoms with E-state index in [0.29, 0.717) is 40.1 Å². The summed E-state index contributed by atoms with van der Waals surface area (Å²) >= 11 is 0. The maximum Gasteiger partial charge on any atom is 0.293 e. The monoisotopic (exact) mass is 405 g/mol. The van der Waals surface area contributed by atoms with Crippen molar-refractivity contribution >= 4 is 39.6 Å². The van der Waals surface area contributed by atoms with Crippen LogP contribution in [0.4, 0.5) is 17.1 Å². The van der Waals surface area contributed by atoms with Crippen LogP contribution in [0.15, 0.2) is 48.5 Å². The Bertz CT molecular complexity index is 1200. The Balaban J connectivity index is 1.95. The zero-order chi connectivity index (χ0) is 21.6. The summed E-state index contributed by atoms with van der Waals surface area (Å²) in [6, 6.07) is 12.8. The molecule has 0 bridgehead atoms. The normalized spacial score (nSPS) is 13.0. The van der Waals surface area contributed by atoms with Crippen LogP contribution in [-0.2, 0) is 0 Å². The third-order valence-electron chi connectivity index (χ3n) is 5.03. The molecule has 2 amide bonds. The molecule has 1 aliphatic heterocycles. The molecule has 0 fully saturated rings. The van der Waals surface area contributed by atoms with Crippen LogP contribution in [0.3, 0.4) is 0 Å². The quantitative estimate of drug-likeness (QED) is 0.362. The maximum atomic E-state index is 13.3. The SMILES string of the molecule is CCOc1ccc(N2C(=O)c3cccc4c(N(C)C)c([N+](=O)[O-])cc(c34)C2=O)cc1. The lowest BCUT2D eigenvalue weighted by Crippen LogP contribution is -2.40. The Morgan fingerprint density at radius 3 is 2.30 bits per heavy atom. The Kier molecular flexibility index (Phi) is 4.62. The second-order valence-corrected chi connectivity index (χ2v) is 7.04. The van der Waals surface area contributed by atoms with E-state index in [9.17, 15) is 19.7 Å². The first-order valence-electron chi connectivity index (χ1n) is 9.38. The van der Waals surface area contributed by atoms with E-state index >= 15 is 0 Å². The van der Waals surface area contributed by atoms with Gasteiger partial charge in [0.15, 0.2) is 0 Å². The topological polar surface area (TPSA) is 93.0 Å². The molecule has 1 heterocycles. The number of carbonyl (C=O) groups is 2. The van der Waals surface area contributed by atoms with Crippen molar-refractivity contribution in [3.05, 3.63) is 69.8 Å². The molecule has 30 heavy (non-hydrogen) atoms. The minimum Gasteiger partial charge on any atom is -0.494 e. The highest BCUT2D eigenvalue weighted by Gasteiger charge is 2.37. The molecule has 4 rings (SSSR count). The number of anilines is 2. The predicted molar refractivity (Wildman–Crippen MR) is 114 cm³/mol. The number of imide groups is 1. The summed E-state index contributed by atoms with van der Waals surface area (Å²) in [4.78, 5) is 40.5. The molecule has 3 aromatic rings. The minimum atomic E-state index is -0.596. The Labute approximate surface area is 172 Å². The van der Waals surface area contributed by atoms with Gasteiger partial charge in [0, 0.05) is 36.5 Å². The van der Waals surface area contributed by atoms with E-state index in [4.69, 9.17) is 4.74 Å². The molecule has 0 aliphatic carbocycles. The molecule has 0 unspecified atom stereocenters. The Hall–Kier alpha value is -3.94. The number of hydrogen-bond acceptors (Lipinski definition) is 6. The van der Waals surface area contributed by atoms with Crippen molar-refractivity contribution in [1.82, 2.24) is 0 Å². The smallest absolute Gasteiger partial charge is 0.293 e. The van der Waals surface area contributed by atoms with E-state index in [1.807, 2.05) is 6.92 Å². The van der Waals surface area contributed by atoms with Gasteiger partial charge in [-0.3, -0.25) is 19.7 Å². The summed E-state index contributed by atoms with van der Waals surface area (Å²) in [5, 5.41) is 12.7. The first kappa shape index (κ1) is 19.4. The zero-order valence-electron chi connectivity index (χ0n) is 16.7. The average molecular weight is 405 g/mol. The van der Waals surface area contributed by atoms with Crippen molar-refractivity contribution in [1.29, 1.82) is 0 Å². The fourth-order valence-electron chi connectivity index (χ4n) is 3.84. The van der Waals surface area contributed by atoms with Crippen LogP contribution in [0.2, 0.25) is 0 Å². The molecule has 0 saturated carbocycles. The van der Waals surface area contributed by atoms with Crippen molar-refractivity contribution in [2.75, 3.05) is 30.5 Å². The third kappa shape index (κ3) is 2.85. The van der Waals surface area contributed by atoms with Crippen molar-refractivity contribution in [2.45, 2.75) is 6.92 Å². The summed E-state index contributed by atoms with van der Waals surface area (Å²) < 4.78 is 5.41. The van der Waals surface area contributed by atoms with Gasteiger partial charge in [-0.2, -0.15) is 0 Å². The molecule has 0 radical (unpaired) electrons. The van der Waals surface area contributed by atoms with E-state index in [-0.39, 0.29) is 11.3 Å². The molecule has 8 heteroatoms. The maximum absolute atomic E-state index is 13.3. The summed E-state index contributed by atoms with van der Waals surface area (Å²) in [6.07, 6.45) is 0. The van der Waals surface area contributed by atoms with Crippen LogP contribution in [0.25, 0.3) is 10.8 Å². The second kappa shape index (κ2) is 7.14. The van der Waals surface area contributed by atoms with Gasteiger partial charge >= 0.3 is 0 Å². The van der Waals surface area contributed by atoms with Gasteiger partial charge in [-0.05, 0) is 37.3 Å². The number of ether oxygens (including phenoxy) is 1. The van der Waals surface area contributed by atoms with E-state index < -0.39 is 16.7 Å². The highest BCUT2D eigenvalue weighted by Crippen LogP contribution is 2.42. The van der Waals surface area contributed by atoms with E-state index in [0.717, 1.165) is 4.90 Å². The Morgan fingerprint density at radius 2 is 1.70 bits per heavy atom. The van der Waals surface area contributed by atoms with Crippen LogP contribution in [0.1, 0.15) is 27.6 Å². The summed E-state index contributed by atoms with van der Waals surface area (Å²) in [7, 11) is 3.38. The van der Waals surface area contributed by atoms with Crippen LogP contribution in [0, 0.1) is 10.1 Å². The number of amides is 2. The molecule has 8 nitrogen and oxygen atoms in total. The summed E-state index contributed by atoms with van der Waals surface area (Å²) in [5.74, 6) is -0.450. The Morgan fingerprint density at radius 1 is 1.03 bits per heavy atom. The highest BCUT2D eigenvalue weighted by atomic mass is 16.6. The fraction of sp³-hybridized carbons (Fsp3) is 0.182. The van der Waals surface area contributed by atoms with E-state index in [2.05, 4.69) is 0 Å². The highest BCUT2D eigenvalue weighted by molar-refractivity contribution is 6.37. The zero-order valence-corrected chi connectivity index (χ0v) is 16.7. The standard InChI is InChI=1S/C22H19N3O5/c1-4-30-14-10-8-13(9-11-14)24-21(26)16-7-5-6-15-19(16)17(22(24)27)12-18(25(28)29)20(15)23(2)3/h5-12H,4H2,1-3H3. The number of nitrogens with zero attached hydrogens (tertiary/aromatic N) is 3. The second-order valence-electron chi connectivity index (χ2n) is 7.04. The van der Waals surface area contributed by atoms with Gasteiger partial charge in [0.1, 0.15) is 11.4 Å². The van der Waals surface area contributed by atoms with Gasteiger partial charge in [0.05, 0.1) is 22.8 Å².